The number of nitrogens with zero attached hydrogens (tertiary/aromatic N) is 2. The van der Waals surface area contributed by atoms with Crippen LogP contribution in [-0.2, 0) is 0 Å². The Morgan fingerprint density at radius 3 is 2.57 bits per heavy atom. The number of rotatable bonds is 2. The van der Waals surface area contributed by atoms with Crippen LogP contribution in [0.2, 0.25) is 5.02 Å². The van der Waals surface area contributed by atoms with Crippen LogP contribution in [0.5, 0.6) is 0 Å². The van der Waals surface area contributed by atoms with Crippen LogP contribution < -0.4 is 10.5 Å². The van der Waals surface area contributed by atoms with Crippen LogP contribution in [0.25, 0.3) is 0 Å². The number of halogens is 1. The van der Waals surface area contributed by atoms with E-state index in [2.05, 4.69) is 9.88 Å². The average molecular weight is 332 g/mol. The maximum atomic E-state index is 12.6. The maximum absolute atomic E-state index is 12.6. The number of aromatic nitrogens is 1. The van der Waals surface area contributed by atoms with Crippen LogP contribution in [0, 0.1) is 6.92 Å². The van der Waals surface area contributed by atoms with Crippen molar-refractivity contribution in [3.8, 4) is 0 Å². The number of benzene rings is 1. The highest BCUT2D eigenvalue weighted by atomic mass is 35.5. The number of carbonyl (C=O) groups excluding carboxylic acids is 1. The molecule has 120 valence electrons. The fraction of sp³-hybridized carbons (Fsp3) is 0.294. The van der Waals surface area contributed by atoms with E-state index in [1.807, 2.05) is 24.3 Å². The van der Waals surface area contributed by atoms with Crippen LogP contribution in [0.3, 0.4) is 0 Å². The Kier molecular flexibility index (Phi) is 4.39. The molecule has 0 bridgehead atoms. The lowest BCUT2D eigenvalue weighted by molar-refractivity contribution is 0.0744. The molecule has 0 radical (unpaired) electrons. The molecule has 0 saturated carbocycles. The first-order chi connectivity index (χ1) is 11.1. The van der Waals surface area contributed by atoms with E-state index in [-0.39, 0.29) is 17.0 Å². The highest BCUT2D eigenvalue weighted by Crippen LogP contribution is 2.21. The van der Waals surface area contributed by atoms with Gasteiger partial charge in [0.25, 0.3) is 11.5 Å². The topological polar surface area (TPSA) is 56.4 Å². The summed E-state index contributed by atoms with van der Waals surface area (Å²) in [5.74, 6) is -0.199. The number of pyridine rings is 1. The summed E-state index contributed by atoms with van der Waals surface area (Å²) in [6, 6.07) is 9.44. The SMILES string of the molecule is Cc1cc[nH]c(=O)c1C(=O)N1CCN(c2cccc(Cl)c2)CC1. The van der Waals surface area contributed by atoms with Gasteiger partial charge in [-0.05, 0) is 36.8 Å². The summed E-state index contributed by atoms with van der Waals surface area (Å²) < 4.78 is 0. The first-order valence-corrected chi connectivity index (χ1v) is 7.92. The average Bonchev–Trinajstić information content (AvgIpc) is 2.55. The van der Waals surface area contributed by atoms with Gasteiger partial charge in [0.2, 0.25) is 0 Å². The smallest absolute Gasteiger partial charge is 0.261 e. The molecular weight excluding hydrogens is 314 g/mol. The summed E-state index contributed by atoms with van der Waals surface area (Å²) in [7, 11) is 0. The molecule has 1 amide bonds. The Morgan fingerprint density at radius 2 is 1.91 bits per heavy atom. The zero-order valence-electron chi connectivity index (χ0n) is 12.9. The van der Waals surface area contributed by atoms with Crippen molar-refractivity contribution >= 4 is 23.2 Å². The Labute approximate surface area is 139 Å². The molecule has 23 heavy (non-hydrogen) atoms. The Bertz CT molecular complexity index is 779. The number of carbonyl (C=O) groups is 1. The summed E-state index contributed by atoms with van der Waals surface area (Å²) in [4.78, 5) is 31.0. The number of hydrogen-bond acceptors (Lipinski definition) is 3. The van der Waals surface area contributed by atoms with Gasteiger partial charge in [0.05, 0.1) is 0 Å². The molecule has 0 unspecified atom stereocenters. The monoisotopic (exact) mass is 331 g/mol. The molecule has 3 rings (SSSR count). The number of aromatic amines is 1. The number of amides is 1. The number of anilines is 1. The van der Waals surface area contributed by atoms with E-state index < -0.39 is 0 Å². The number of H-pyrrole nitrogens is 1. The molecule has 2 aromatic rings. The van der Waals surface area contributed by atoms with E-state index in [0.717, 1.165) is 18.8 Å². The second kappa shape index (κ2) is 6.46. The minimum absolute atomic E-state index is 0.199. The third-order valence-corrected chi connectivity index (χ3v) is 4.36. The zero-order chi connectivity index (χ0) is 16.4. The molecule has 5 nitrogen and oxygen atoms in total. The van der Waals surface area contributed by atoms with Crippen molar-refractivity contribution in [1.82, 2.24) is 9.88 Å². The van der Waals surface area contributed by atoms with Crippen LogP contribution in [-0.4, -0.2) is 42.0 Å². The first kappa shape index (κ1) is 15.6. The molecular formula is C17H18ClN3O2. The molecule has 1 aliphatic heterocycles. The van der Waals surface area contributed by atoms with E-state index in [1.54, 1.807) is 24.1 Å². The second-order valence-corrected chi connectivity index (χ2v) is 6.06. The van der Waals surface area contributed by atoms with Crippen molar-refractivity contribution in [2.24, 2.45) is 0 Å². The van der Waals surface area contributed by atoms with E-state index in [0.29, 0.717) is 23.7 Å². The molecule has 6 heteroatoms. The van der Waals surface area contributed by atoms with Crippen LogP contribution in [0.1, 0.15) is 15.9 Å². The van der Waals surface area contributed by atoms with Gasteiger partial charge < -0.3 is 14.8 Å². The van der Waals surface area contributed by atoms with Crippen molar-refractivity contribution in [2.45, 2.75) is 6.92 Å². The fourth-order valence-corrected chi connectivity index (χ4v) is 3.03. The van der Waals surface area contributed by atoms with Gasteiger partial charge in [-0.25, -0.2) is 0 Å². The van der Waals surface area contributed by atoms with E-state index in [1.165, 1.54) is 0 Å². The highest BCUT2D eigenvalue weighted by molar-refractivity contribution is 6.30. The molecule has 1 saturated heterocycles. The molecule has 1 fully saturated rings. The zero-order valence-corrected chi connectivity index (χ0v) is 13.6. The summed E-state index contributed by atoms with van der Waals surface area (Å²) >= 11 is 6.03. The molecule has 0 spiro atoms. The summed E-state index contributed by atoms with van der Waals surface area (Å²) in [5, 5.41) is 0.701. The number of piperazine rings is 1. The van der Waals surface area contributed by atoms with E-state index >= 15 is 0 Å². The van der Waals surface area contributed by atoms with Gasteiger partial charge in [0, 0.05) is 43.1 Å². The third kappa shape index (κ3) is 3.24. The van der Waals surface area contributed by atoms with Gasteiger partial charge >= 0.3 is 0 Å². The van der Waals surface area contributed by atoms with Gasteiger partial charge in [-0.2, -0.15) is 0 Å². The van der Waals surface area contributed by atoms with E-state index in [4.69, 9.17) is 11.6 Å². The van der Waals surface area contributed by atoms with Crippen LogP contribution in [0.15, 0.2) is 41.3 Å². The van der Waals surface area contributed by atoms with Crippen molar-refractivity contribution < 1.29 is 4.79 Å². The first-order valence-electron chi connectivity index (χ1n) is 7.54. The lowest BCUT2D eigenvalue weighted by Gasteiger charge is -2.36. The minimum Gasteiger partial charge on any atom is -0.368 e. The normalized spacial score (nSPS) is 14.9. The van der Waals surface area contributed by atoms with Gasteiger partial charge in [-0.3, -0.25) is 9.59 Å². The summed E-state index contributed by atoms with van der Waals surface area (Å²) in [6.07, 6.45) is 1.56. The lowest BCUT2D eigenvalue weighted by Crippen LogP contribution is -2.49. The minimum atomic E-state index is -0.327. The van der Waals surface area contributed by atoms with Crippen molar-refractivity contribution in [2.75, 3.05) is 31.1 Å². The fourth-order valence-electron chi connectivity index (χ4n) is 2.84. The molecule has 0 atom stereocenters. The number of nitrogens with one attached hydrogen (secondary N) is 1. The van der Waals surface area contributed by atoms with Gasteiger partial charge in [-0.15, -0.1) is 0 Å². The van der Waals surface area contributed by atoms with Crippen molar-refractivity contribution in [3.63, 3.8) is 0 Å². The van der Waals surface area contributed by atoms with Gasteiger partial charge in [0.15, 0.2) is 0 Å². The molecule has 1 aliphatic rings. The molecule has 0 aliphatic carbocycles. The van der Waals surface area contributed by atoms with Crippen LogP contribution in [0.4, 0.5) is 5.69 Å². The van der Waals surface area contributed by atoms with Crippen molar-refractivity contribution in [3.05, 3.63) is 63.0 Å². The van der Waals surface area contributed by atoms with Crippen LogP contribution >= 0.6 is 11.6 Å². The summed E-state index contributed by atoms with van der Waals surface area (Å²) in [6.45, 7) is 4.38. The molecule has 2 heterocycles. The second-order valence-electron chi connectivity index (χ2n) is 5.62. The maximum Gasteiger partial charge on any atom is 0.261 e. The Balaban J connectivity index is 1.72. The largest absolute Gasteiger partial charge is 0.368 e. The highest BCUT2D eigenvalue weighted by Gasteiger charge is 2.25. The lowest BCUT2D eigenvalue weighted by atomic mass is 10.1. The third-order valence-electron chi connectivity index (χ3n) is 4.12. The number of aryl methyl sites for hydroxylation is 1. The predicted octanol–water partition coefficient (Wildman–Crippen LogP) is 2.30. The Morgan fingerprint density at radius 1 is 1.17 bits per heavy atom. The Hall–Kier alpha value is -2.27. The quantitative estimate of drug-likeness (QED) is 0.918. The molecule has 1 N–H and O–H groups in total. The summed E-state index contributed by atoms with van der Waals surface area (Å²) in [5.41, 5.74) is 1.67. The van der Waals surface area contributed by atoms with Crippen molar-refractivity contribution in [1.29, 1.82) is 0 Å². The standard InChI is InChI=1S/C17H18ClN3O2/c1-12-5-6-19-16(22)15(12)17(23)21-9-7-20(8-10-21)14-4-2-3-13(18)11-14/h2-6,11H,7-10H2,1H3,(H,19,22). The number of hydrogen-bond donors (Lipinski definition) is 1. The van der Waals surface area contributed by atoms with Gasteiger partial charge in [-0.1, -0.05) is 17.7 Å². The van der Waals surface area contributed by atoms with Gasteiger partial charge in [0.1, 0.15) is 5.56 Å². The van der Waals surface area contributed by atoms with E-state index in [9.17, 15) is 9.59 Å². The molecule has 1 aromatic carbocycles. The predicted molar refractivity (Wildman–Crippen MR) is 91.4 cm³/mol. The molecule has 1 aromatic heterocycles.